The summed E-state index contributed by atoms with van der Waals surface area (Å²) in [6.07, 6.45) is 0. The van der Waals surface area contributed by atoms with Crippen molar-refractivity contribution in [2.75, 3.05) is 0 Å². The first kappa shape index (κ1) is 20.3. The summed E-state index contributed by atoms with van der Waals surface area (Å²) < 4.78 is 33.3. The van der Waals surface area contributed by atoms with Gasteiger partial charge in [-0.3, -0.25) is 0 Å². The van der Waals surface area contributed by atoms with Crippen molar-refractivity contribution in [1.29, 1.82) is 0 Å². The highest BCUT2D eigenvalue weighted by Crippen LogP contribution is 2.30. The van der Waals surface area contributed by atoms with Crippen LogP contribution in [0.2, 0.25) is 5.02 Å². The van der Waals surface area contributed by atoms with Gasteiger partial charge in [0.1, 0.15) is 4.90 Å². The lowest BCUT2D eigenvalue weighted by atomic mass is 10.1. The molecule has 1 heterocycles. The maximum atomic E-state index is 13.2. The van der Waals surface area contributed by atoms with Crippen molar-refractivity contribution in [2.45, 2.75) is 4.90 Å². The van der Waals surface area contributed by atoms with E-state index in [4.69, 9.17) is 15.8 Å². The highest BCUT2D eigenvalue weighted by molar-refractivity contribution is 7.87. The van der Waals surface area contributed by atoms with Crippen LogP contribution in [-0.2, 0) is 10.1 Å². The smallest absolute Gasteiger partial charge is 0.340 e. The van der Waals surface area contributed by atoms with E-state index in [1.807, 2.05) is 54.6 Å². The van der Waals surface area contributed by atoms with Gasteiger partial charge >= 0.3 is 10.1 Å². The minimum absolute atomic E-state index is 0.0660. The molecule has 1 aromatic heterocycles. The van der Waals surface area contributed by atoms with Gasteiger partial charge in [-0.2, -0.15) is 18.2 Å². The van der Waals surface area contributed by atoms with Gasteiger partial charge in [-0.15, -0.1) is 0 Å². The molecule has 158 valence electrons. The van der Waals surface area contributed by atoms with E-state index in [-0.39, 0.29) is 10.8 Å². The molecule has 0 bridgehead atoms. The number of hydrogen-bond acceptors (Lipinski definition) is 4. The lowest BCUT2D eigenvalue weighted by Gasteiger charge is -2.10. The molecule has 0 spiro atoms. The first-order valence-corrected chi connectivity index (χ1v) is 11.6. The SMILES string of the molecule is O=S(=O)(Oc1cc(-c2ccccc2)nn1-c1cccc(Cl)c1)c1ccc2ccccc2c1. The Labute approximate surface area is 190 Å². The van der Waals surface area contributed by atoms with Gasteiger partial charge in [0.2, 0.25) is 5.88 Å². The predicted octanol–water partition coefficient (Wildman–Crippen LogP) is 6.11. The molecule has 0 aliphatic rings. The Morgan fingerprint density at radius 1 is 0.750 bits per heavy atom. The van der Waals surface area contributed by atoms with Gasteiger partial charge in [0, 0.05) is 16.7 Å². The molecule has 0 radical (unpaired) electrons. The first-order chi connectivity index (χ1) is 15.5. The lowest BCUT2D eigenvalue weighted by Crippen LogP contribution is -2.12. The fourth-order valence-electron chi connectivity index (χ4n) is 3.45. The molecule has 4 aromatic carbocycles. The summed E-state index contributed by atoms with van der Waals surface area (Å²) in [5.41, 5.74) is 2.00. The van der Waals surface area contributed by atoms with Crippen molar-refractivity contribution in [2.24, 2.45) is 0 Å². The van der Waals surface area contributed by atoms with Crippen molar-refractivity contribution in [3.05, 3.63) is 108 Å². The number of hydrogen-bond donors (Lipinski definition) is 0. The van der Waals surface area contributed by atoms with Gasteiger partial charge in [0.05, 0.1) is 11.4 Å². The van der Waals surface area contributed by atoms with E-state index in [9.17, 15) is 8.42 Å². The van der Waals surface area contributed by atoms with Crippen molar-refractivity contribution in [3.8, 4) is 22.8 Å². The van der Waals surface area contributed by atoms with E-state index in [1.165, 1.54) is 10.7 Å². The van der Waals surface area contributed by atoms with Crippen LogP contribution in [0.25, 0.3) is 27.7 Å². The quantitative estimate of drug-likeness (QED) is 0.297. The largest absolute Gasteiger partial charge is 0.358 e. The van der Waals surface area contributed by atoms with Crippen molar-refractivity contribution >= 4 is 32.5 Å². The third-order valence-electron chi connectivity index (χ3n) is 5.00. The zero-order valence-corrected chi connectivity index (χ0v) is 18.3. The molecule has 32 heavy (non-hydrogen) atoms. The Morgan fingerprint density at radius 2 is 1.50 bits per heavy atom. The van der Waals surface area contributed by atoms with Crippen LogP contribution in [0.3, 0.4) is 0 Å². The summed E-state index contributed by atoms with van der Waals surface area (Å²) in [4.78, 5) is 0.0660. The van der Waals surface area contributed by atoms with Crippen LogP contribution < -0.4 is 4.18 Å². The molecule has 0 N–H and O–H groups in total. The lowest BCUT2D eigenvalue weighted by molar-refractivity contribution is 0.465. The summed E-state index contributed by atoms with van der Waals surface area (Å²) in [5.74, 6) is 0.0688. The highest BCUT2D eigenvalue weighted by Gasteiger charge is 2.22. The summed E-state index contributed by atoms with van der Waals surface area (Å²) in [5, 5.41) is 6.85. The number of fused-ring (bicyclic) bond motifs is 1. The Hall–Kier alpha value is -3.61. The third-order valence-corrected chi connectivity index (χ3v) is 6.46. The Balaban J connectivity index is 1.60. The molecule has 5 aromatic rings. The maximum absolute atomic E-state index is 13.2. The van der Waals surface area contributed by atoms with Crippen molar-refractivity contribution in [3.63, 3.8) is 0 Å². The summed E-state index contributed by atoms with van der Waals surface area (Å²) in [6, 6.07) is 30.5. The molecule has 7 heteroatoms. The average molecular weight is 461 g/mol. The number of nitrogens with zero attached hydrogens (tertiary/aromatic N) is 2. The molecule has 0 saturated carbocycles. The number of aromatic nitrogens is 2. The van der Waals surface area contributed by atoms with E-state index in [0.29, 0.717) is 16.4 Å². The molecule has 0 amide bonds. The van der Waals surface area contributed by atoms with Crippen LogP contribution in [0.15, 0.2) is 108 Å². The maximum Gasteiger partial charge on any atom is 0.340 e. The third kappa shape index (κ3) is 3.98. The van der Waals surface area contributed by atoms with Gasteiger partial charge in [-0.1, -0.05) is 78.3 Å². The van der Waals surface area contributed by atoms with Crippen molar-refractivity contribution < 1.29 is 12.6 Å². The summed E-state index contributed by atoms with van der Waals surface area (Å²) in [7, 11) is -4.11. The minimum atomic E-state index is -4.11. The fourth-order valence-corrected chi connectivity index (χ4v) is 4.58. The second kappa shape index (κ2) is 8.15. The monoisotopic (exact) mass is 460 g/mol. The van der Waals surface area contributed by atoms with E-state index >= 15 is 0 Å². The standard InChI is InChI=1S/C25H17ClN2O3S/c26-21-11-6-12-22(16-21)28-25(17-24(27-28)19-8-2-1-3-9-19)31-32(29,30)23-14-13-18-7-4-5-10-20(18)15-23/h1-17H. The van der Waals surface area contributed by atoms with Crippen LogP contribution in [0, 0.1) is 0 Å². The van der Waals surface area contributed by atoms with Crippen LogP contribution in [0.1, 0.15) is 0 Å². The molecule has 0 aliphatic carbocycles. The minimum Gasteiger partial charge on any atom is -0.358 e. The average Bonchev–Trinajstić information content (AvgIpc) is 3.22. The normalized spacial score (nSPS) is 11.5. The van der Waals surface area contributed by atoms with Gasteiger partial charge < -0.3 is 4.18 Å². The van der Waals surface area contributed by atoms with Gasteiger partial charge in [-0.05, 0) is 41.1 Å². The van der Waals surface area contributed by atoms with E-state index < -0.39 is 10.1 Å². The van der Waals surface area contributed by atoms with Crippen LogP contribution in [0.5, 0.6) is 5.88 Å². The summed E-state index contributed by atoms with van der Waals surface area (Å²) in [6.45, 7) is 0. The molecule has 0 saturated heterocycles. The molecule has 0 fully saturated rings. The molecule has 0 aliphatic heterocycles. The zero-order chi connectivity index (χ0) is 22.1. The number of rotatable bonds is 5. The topological polar surface area (TPSA) is 61.2 Å². The Morgan fingerprint density at radius 3 is 2.28 bits per heavy atom. The van der Waals surface area contributed by atoms with Crippen LogP contribution in [0.4, 0.5) is 0 Å². The zero-order valence-electron chi connectivity index (χ0n) is 16.7. The Kier molecular flexibility index (Phi) is 5.17. The van der Waals surface area contributed by atoms with Gasteiger partial charge in [-0.25, -0.2) is 0 Å². The van der Waals surface area contributed by atoms with Gasteiger partial charge in [0.25, 0.3) is 0 Å². The predicted molar refractivity (Wildman–Crippen MR) is 126 cm³/mol. The highest BCUT2D eigenvalue weighted by atomic mass is 35.5. The second-order valence-corrected chi connectivity index (χ2v) is 9.15. The van der Waals surface area contributed by atoms with Gasteiger partial charge in [0.15, 0.2) is 0 Å². The van der Waals surface area contributed by atoms with E-state index in [1.54, 1.807) is 42.5 Å². The molecule has 5 nitrogen and oxygen atoms in total. The first-order valence-electron chi connectivity index (χ1n) is 9.84. The second-order valence-electron chi connectivity index (χ2n) is 7.17. The summed E-state index contributed by atoms with van der Waals surface area (Å²) >= 11 is 6.16. The van der Waals surface area contributed by atoms with Crippen LogP contribution >= 0.6 is 11.6 Å². The number of halogens is 1. The van der Waals surface area contributed by atoms with E-state index in [0.717, 1.165) is 16.3 Å². The molecular weight excluding hydrogens is 444 g/mol. The van der Waals surface area contributed by atoms with E-state index in [2.05, 4.69) is 5.10 Å². The fraction of sp³-hybridized carbons (Fsp3) is 0. The van der Waals surface area contributed by atoms with Crippen LogP contribution in [-0.4, -0.2) is 18.2 Å². The van der Waals surface area contributed by atoms with Crippen molar-refractivity contribution in [1.82, 2.24) is 9.78 Å². The number of benzene rings is 4. The molecule has 5 rings (SSSR count). The molecular formula is C25H17ClN2O3S. The molecule has 0 atom stereocenters. The Bertz CT molecular complexity index is 1530. The molecule has 0 unspecified atom stereocenters.